The Bertz CT molecular complexity index is 625. The van der Waals surface area contributed by atoms with Gasteiger partial charge in [0.15, 0.2) is 0 Å². The number of non-ortho nitro benzene ring substituents is 1. The molecule has 0 aromatic heterocycles. The van der Waals surface area contributed by atoms with Crippen molar-refractivity contribution in [2.24, 2.45) is 5.41 Å². The monoisotopic (exact) mass is 349 g/mol. The average Bonchev–Trinajstić information content (AvgIpc) is 2.60. The van der Waals surface area contributed by atoms with Crippen LogP contribution in [0.2, 0.25) is 0 Å². The molecular formula is C18H27N3O4. The van der Waals surface area contributed by atoms with Crippen LogP contribution in [0.15, 0.2) is 18.2 Å². The van der Waals surface area contributed by atoms with Crippen molar-refractivity contribution in [3.8, 4) is 0 Å². The summed E-state index contributed by atoms with van der Waals surface area (Å²) < 4.78 is 0. The minimum Gasteiger partial charge on any atom is -0.396 e. The number of carbonyl (C=O) groups excluding carboxylic acids is 1. The van der Waals surface area contributed by atoms with Gasteiger partial charge >= 0.3 is 0 Å². The van der Waals surface area contributed by atoms with Crippen LogP contribution in [0.3, 0.4) is 0 Å². The normalized spacial score (nSPS) is 15.1. The number of nitrogens with one attached hydrogen (secondary N) is 1. The van der Waals surface area contributed by atoms with Crippen LogP contribution in [-0.2, 0) is 0 Å². The Labute approximate surface area is 148 Å². The van der Waals surface area contributed by atoms with Gasteiger partial charge in [-0.25, -0.2) is 0 Å². The largest absolute Gasteiger partial charge is 0.396 e. The first kappa shape index (κ1) is 19.2. The molecule has 0 radical (unpaired) electrons. The minimum atomic E-state index is -0.480. The number of aliphatic hydroxyl groups excluding tert-OH is 1. The maximum Gasteiger partial charge on any atom is 0.270 e. The summed E-state index contributed by atoms with van der Waals surface area (Å²) in [5.41, 5.74) is 0.773. The van der Waals surface area contributed by atoms with Crippen molar-refractivity contribution in [1.82, 2.24) is 5.32 Å². The van der Waals surface area contributed by atoms with Gasteiger partial charge in [0.25, 0.3) is 11.6 Å². The summed E-state index contributed by atoms with van der Waals surface area (Å²) in [6.07, 6.45) is 3.85. The van der Waals surface area contributed by atoms with E-state index in [-0.39, 0.29) is 23.6 Å². The number of piperidine rings is 1. The molecule has 0 unspecified atom stereocenters. The van der Waals surface area contributed by atoms with E-state index in [0.29, 0.717) is 18.5 Å². The molecule has 138 valence electrons. The minimum absolute atomic E-state index is 0.0543. The highest BCUT2D eigenvalue weighted by molar-refractivity contribution is 6.00. The molecule has 1 saturated heterocycles. The van der Waals surface area contributed by atoms with Crippen LogP contribution in [0.5, 0.6) is 0 Å². The van der Waals surface area contributed by atoms with E-state index in [9.17, 15) is 14.9 Å². The van der Waals surface area contributed by atoms with Gasteiger partial charge in [0.1, 0.15) is 0 Å². The second-order valence-corrected chi connectivity index (χ2v) is 7.33. The first-order valence-corrected chi connectivity index (χ1v) is 8.76. The number of hydrogen-bond acceptors (Lipinski definition) is 5. The highest BCUT2D eigenvalue weighted by Gasteiger charge is 2.24. The Morgan fingerprint density at radius 1 is 1.32 bits per heavy atom. The number of nitro benzene ring substituents is 1. The Hall–Kier alpha value is -2.15. The predicted octanol–water partition coefficient (Wildman–Crippen LogP) is 2.72. The Balaban J connectivity index is 2.24. The Morgan fingerprint density at radius 2 is 2.00 bits per heavy atom. The van der Waals surface area contributed by atoms with Gasteiger partial charge < -0.3 is 15.3 Å². The number of nitrogens with zero attached hydrogens (tertiary/aromatic N) is 2. The molecule has 0 bridgehead atoms. The SMILES string of the molecule is CC(C)(CCO)CNC(=O)c1cc([N+](=O)[O-])ccc1N1CCCCC1. The second kappa shape index (κ2) is 8.29. The molecule has 2 N–H and O–H groups in total. The van der Waals surface area contributed by atoms with Crippen molar-refractivity contribution in [2.45, 2.75) is 39.5 Å². The fourth-order valence-electron chi connectivity index (χ4n) is 3.04. The van der Waals surface area contributed by atoms with Gasteiger partial charge in [0, 0.05) is 38.4 Å². The molecule has 0 saturated carbocycles. The Kier molecular flexibility index (Phi) is 6.36. The molecule has 1 aromatic carbocycles. The standard InChI is InChI=1S/C18H27N3O4/c1-18(2,8-11-22)13-19-17(23)15-12-14(21(24)25)6-7-16(15)20-9-4-3-5-10-20/h6-7,12,22H,3-5,8-11,13H2,1-2H3,(H,19,23). The van der Waals surface area contributed by atoms with Gasteiger partial charge in [-0.3, -0.25) is 14.9 Å². The second-order valence-electron chi connectivity index (χ2n) is 7.33. The van der Waals surface area contributed by atoms with Crippen LogP contribution < -0.4 is 10.2 Å². The molecule has 7 heteroatoms. The molecule has 1 aliphatic heterocycles. The molecule has 1 heterocycles. The molecule has 25 heavy (non-hydrogen) atoms. The Morgan fingerprint density at radius 3 is 2.60 bits per heavy atom. The summed E-state index contributed by atoms with van der Waals surface area (Å²) in [7, 11) is 0. The van der Waals surface area contributed by atoms with Crippen molar-refractivity contribution in [2.75, 3.05) is 31.1 Å². The molecule has 2 rings (SSSR count). The van der Waals surface area contributed by atoms with Crippen LogP contribution in [0.25, 0.3) is 0 Å². The fraction of sp³-hybridized carbons (Fsp3) is 0.611. The number of hydrogen-bond donors (Lipinski definition) is 2. The summed E-state index contributed by atoms with van der Waals surface area (Å²) in [6, 6.07) is 4.49. The van der Waals surface area contributed by atoms with Crippen molar-refractivity contribution in [1.29, 1.82) is 0 Å². The van der Waals surface area contributed by atoms with Gasteiger partial charge in [0.2, 0.25) is 0 Å². The van der Waals surface area contributed by atoms with Gasteiger partial charge in [-0.1, -0.05) is 13.8 Å². The lowest BCUT2D eigenvalue weighted by molar-refractivity contribution is -0.384. The first-order valence-electron chi connectivity index (χ1n) is 8.76. The van der Waals surface area contributed by atoms with E-state index in [1.807, 2.05) is 13.8 Å². The molecule has 7 nitrogen and oxygen atoms in total. The quantitative estimate of drug-likeness (QED) is 0.583. The van der Waals surface area contributed by atoms with E-state index in [1.54, 1.807) is 6.07 Å². The molecule has 1 aromatic rings. The number of amides is 1. The van der Waals surface area contributed by atoms with Crippen LogP contribution in [0.4, 0.5) is 11.4 Å². The molecule has 1 aliphatic rings. The van der Waals surface area contributed by atoms with E-state index in [0.717, 1.165) is 31.6 Å². The summed E-state index contributed by atoms with van der Waals surface area (Å²) >= 11 is 0. The van der Waals surface area contributed by atoms with E-state index in [2.05, 4.69) is 10.2 Å². The van der Waals surface area contributed by atoms with E-state index in [4.69, 9.17) is 5.11 Å². The summed E-state index contributed by atoms with van der Waals surface area (Å²) in [5, 5.41) is 23.1. The molecule has 1 fully saturated rings. The maximum absolute atomic E-state index is 12.7. The predicted molar refractivity (Wildman–Crippen MR) is 97.0 cm³/mol. The van der Waals surface area contributed by atoms with Gasteiger partial charge in [-0.2, -0.15) is 0 Å². The number of anilines is 1. The number of benzene rings is 1. The lowest BCUT2D eigenvalue weighted by atomic mass is 9.89. The van der Waals surface area contributed by atoms with Crippen molar-refractivity contribution in [3.05, 3.63) is 33.9 Å². The zero-order chi connectivity index (χ0) is 18.4. The van der Waals surface area contributed by atoms with Crippen LogP contribution >= 0.6 is 0 Å². The first-order chi connectivity index (χ1) is 11.8. The number of nitro groups is 1. The number of aliphatic hydroxyl groups is 1. The zero-order valence-electron chi connectivity index (χ0n) is 15.0. The fourth-order valence-corrected chi connectivity index (χ4v) is 3.04. The van der Waals surface area contributed by atoms with Crippen molar-refractivity contribution in [3.63, 3.8) is 0 Å². The topological polar surface area (TPSA) is 95.7 Å². The summed E-state index contributed by atoms with van der Waals surface area (Å²) in [4.78, 5) is 25.5. The smallest absolute Gasteiger partial charge is 0.270 e. The van der Waals surface area contributed by atoms with Crippen LogP contribution in [-0.4, -0.2) is 42.2 Å². The highest BCUT2D eigenvalue weighted by atomic mass is 16.6. The van der Waals surface area contributed by atoms with E-state index < -0.39 is 4.92 Å². The molecule has 1 amide bonds. The molecule has 0 aliphatic carbocycles. The van der Waals surface area contributed by atoms with Crippen LogP contribution in [0, 0.1) is 15.5 Å². The maximum atomic E-state index is 12.7. The van der Waals surface area contributed by atoms with Gasteiger partial charge in [-0.05, 0) is 37.2 Å². The third kappa shape index (κ3) is 5.16. The highest BCUT2D eigenvalue weighted by Crippen LogP contribution is 2.28. The number of rotatable bonds is 7. The summed E-state index contributed by atoms with van der Waals surface area (Å²) in [6.45, 7) is 6.08. The molecule has 0 atom stereocenters. The lowest BCUT2D eigenvalue weighted by Gasteiger charge is -2.30. The third-order valence-electron chi connectivity index (χ3n) is 4.65. The van der Waals surface area contributed by atoms with Crippen molar-refractivity contribution < 1.29 is 14.8 Å². The lowest BCUT2D eigenvalue weighted by Crippen LogP contribution is -2.36. The van der Waals surface area contributed by atoms with E-state index >= 15 is 0 Å². The average molecular weight is 349 g/mol. The summed E-state index contributed by atoms with van der Waals surface area (Å²) in [5.74, 6) is -0.310. The van der Waals surface area contributed by atoms with Crippen molar-refractivity contribution >= 4 is 17.3 Å². The van der Waals surface area contributed by atoms with Crippen LogP contribution in [0.1, 0.15) is 49.9 Å². The third-order valence-corrected chi connectivity index (χ3v) is 4.65. The van der Waals surface area contributed by atoms with Gasteiger partial charge in [-0.15, -0.1) is 0 Å². The zero-order valence-corrected chi connectivity index (χ0v) is 15.0. The van der Waals surface area contributed by atoms with E-state index in [1.165, 1.54) is 18.6 Å². The number of carbonyl (C=O) groups is 1. The van der Waals surface area contributed by atoms with Gasteiger partial charge in [0.05, 0.1) is 16.2 Å². The molecular weight excluding hydrogens is 322 g/mol. The molecule has 0 spiro atoms.